The fourth-order valence-electron chi connectivity index (χ4n) is 2.79. The molecule has 5 nitrogen and oxygen atoms in total. The van der Waals surface area contributed by atoms with E-state index in [-0.39, 0.29) is 30.7 Å². The van der Waals surface area contributed by atoms with E-state index in [9.17, 15) is 4.79 Å². The van der Waals surface area contributed by atoms with E-state index in [4.69, 9.17) is 5.73 Å². The summed E-state index contributed by atoms with van der Waals surface area (Å²) in [5.74, 6) is 0.0452. The van der Waals surface area contributed by atoms with Crippen molar-refractivity contribution in [2.45, 2.75) is 19.4 Å². The van der Waals surface area contributed by atoms with Crippen LogP contribution in [0.3, 0.4) is 0 Å². The van der Waals surface area contributed by atoms with Crippen molar-refractivity contribution in [1.82, 2.24) is 9.88 Å². The molecule has 3 rings (SSSR count). The fourth-order valence-corrected chi connectivity index (χ4v) is 3.65. The maximum atomic E-state index is 12.5. The number of aryl methyl sites for hydroxylation is 1. The monoisotopic (exact) mass is 402 g/mol. The largest absolute Gasteiger partial charge is 0.345 e. The summed E-state index contributed by atoms with van der Waals surface area (Å²) < 4.78 is 0. The second-order valence-corrected chi connectivity index (χ2v) is 6.72. The van der Waals surface area contributed by atoms with Gasteiger partial charge in [-0.05, 0) is 18.9 Å². The first-order valence-corrected chi connectivity index (χ1v) is 8.77. The quantitative estimate of drug-likeness (QED) is 0.852. The van der Waals surface area contributed by atoms with E-state index in [1.165, 1.54) is 0 Å². The molecule has 1 atom stereocenters. The molecule has 0 saturated carbocycles. The second kappa shape index (κ2) is 9.97. The Morgan fingerprint density at radius 1 is 1.20 bits per heavy atom. The van der Waals surface area contributed by atoms with Crippen LogP contribution in [0.5, 0.6) is 0 Å². The Kier molecular flexibility index (Phi) is 8.65. The van der Waals surface area contributed by atoms with E-state index in [0.717, 1.165) is 29.5 Å². The van der Waals surface area contributed by atoms with Crippen LogP contribution in [0, 0.1) is 6.92 Å². The summed E-state index contributed by atoms with van der Waals surface area (Å²) in [7, 11) is 0. The number of carbonyl (C=O) groups is 1. The Morgan fingerprint density at radius 2 is 1.84 bits per heavy atom. The summed E-state index contributed by atoms with van der Waals surface area (Å²) in [5.41, 5.74) is 8.27. The van der Waals surface area contributed by atoms with Crippen LogP contribution in [0.25, 0.3) is 0 Å². The molecule has 1 amide bonds. The highest BCUT2D eigenvalue weighted by Gasteiger charge is 2.26. The topological polar surface area (TPSA) is 62.5 Å². The van der Waals surface area contributed by atoms with Crippen LogP contribution >= 0.6 is 36.2 Å². The molecule has 0 radical (unpaired) electrons. The molecule has 2 heterocycles. The number of thiazole rings is 1. The van der Waals surface area contributed by atoms with Gasteiger partial charge in [0.05, 0.1) is 11.7 Å². The number of halogens is 2. The number of hydrogen-bond donors (Lipinski definition) is 1. The highest BCUT2D eigenvalue weighted by atomic mass is 35.5. The number of hydrogen-bond acceptors (Lipinski definition) is 5. The highest BCUT2D eigenvalue weighted by molar-refractivity contribution is 7.13. The van der Waals surface area contributed by atoms with Crippen LogP contribution in [0.15, 0.2) is 35.7 Å². The zero-order valence-electron chi connectivity index (χ0n) is 14.1. The summed E-state index contributed by atoms with van der Waals surface area (Å²) >= 11 is 1.66. The zero-order valence-corrected chi connectivity index (χ0v) is 16.6. The van der Waals surface area contributed by atoms with Crippen LogP contribution in [0.4, 0.5) is 5.13 Å². The van der Waals surface area contributed by atoms with Gasteiger partial charge in [-0.3, -0.25) is 4.79 Å². The lowest BCUT2D eigenvalue weighted by molar-refractivity contribution is -0.132. The number of anilines is 1. The number of aromatic nitrogens is 1. The van der Waals surface area contributed by atoms with Crippen LogP contribution in [0.1, 0.15) is 11.3 Å². The number of carbonyl (C=O) groups excluding carboxylic acids is 1. The van der Waals surface area contributed by atoms with Crippen LogP contribution in [-0.2, 0) is 11.2 Å². The molecule has 8 heteroatoms. The average Bonchev–Trinajstić information content (AvgIpc) is 3.02. The van der Waals surface area contributed by atoms with Gasteiger partial charge in [0.25, 0.3) is 0 Å². The number of nitrogens with two attached hydrogens (primary N) is 1. The Morgan fingerprint density at radius 3 is 2.40 bits per heavy atom. The molecule has 1 saturated heterocycles. The molecule has 1 aliphatic rings. The molecule has 2 N–H and O–H groups in total. The predicted molar refractivity (Wildman–Crippen MR) is 108 cm³/mol. The highest BCUT2D eigenvalue weighted by Crippen LogP contribution is 2.21. The third-order valence-corrected chi connectivity index (χ3v) is 5.10. The maximum absolute atomic E-state index is 12.5. The van der Waals surface area contributed by atoms with E-state index in [0.29, 0.717) is 19.5 Å². The first-order chi connectivity index (χ1) is 11.1. The van der Waals surface area contributed by atoms with Crippen molar-refractivity contribution in [2.75, 3.05) is 31.1 Å². The molecule has 1 aromatic carbocycles. The molecule has 25 heavy (non-hydrogen) atoms. The standard InChI is InChI=1S/C17H22N4OS.2ClH/c1-13-12-23-17(19-13)21-9-7-20(8-10-21)16(22)15(18)11-14-5-3-2-4-6-14;;/h2-6,12,15H,7-11,18H2,1H3;2*1H. The van der Waals surface area contributed by atoms with Crippen LogP contribution in [0.2, 0.25) is 0 Å². The lowest BCUT2D eigenvalue weighted by atomic mass is 10.1. The number of piperazine rings is 1. The van der Waals surface area contributed by atoms with Crippen molar-refractivity contribution in [3.8, 4) is 0 Å². The van der Waals surface area contributed by atoms with Crippen LogP contribution < -0.4 is 10.6 Å². The third-order valence-electron chi connectivity index (χ3n) is 4.08. The Balaban J connectivity index is 0.00000156. The third kappa shape index (κ3) is 5.57. The van der Waals surface area contributed by atoms with Gasteiger partial charge >= 0.3 is 0 Å². The van der Waals surface area contributed by atoms with Crippen molar-refractivity contribution >= 4 is 47.2 Å². The first kappa shape index (κ1) is 21.7. The molecule has 1 aliphatic heterocycles. The van der Waals surface area contributed by atoms with Crippen molar-refractivity contribution in [2.24, 2.45) is 5.73 Å². The Labute approximate surface area is 165 Å². The molecular formula is C17H24Cl2N4OS. The van der Waals surface area contributed by atoms with E-state index in [1.807, 2.05) is 42.2 Å². The summed E-state index contributed by atoms with van der Waals surface area (Å²) in [6.45, 7) is 5.05. The van der Waals surface area contributed by atoms with Crippen molar-refractivity contribution < 1.29 is 4.79 Å². The molecule has 1 unspecified atom stereocenters. The molecule has 0 spiro atoms. The average molecular weight is 403 g/mol. The van der Waals surface area contributed by atoms with Gasteiger partial charge in [0, 0.05) is 31.6 Å². The SMILES string of the molecule is Cc1csc(N2CCN(C(=O)C(N)Cc3ccccc3)CC2)n1.Cl.Cl. The minimum absolute atomic E-state index is 0. The summed E-state index contributed by atoms with van der Waals surface area (Å²) in [5, 5.41) is 3.10. The minimum Gasteiger partial charge on any atom is -0.345 e. The number of benzene rings is 1. The van der Waals surface area contributed by atoms with Gasteiger partial charge < -0.3 is 15.5 Å². The number of rotatable bonds is 4. The summed E-state index contributed by atoms with van der Waals surface area (Å²) in [4.78, 5) is 21.2. The zero-order chi connectivity index (χ0) is 16.2. The van der Waals surface area contributed by atoms with E-state index in [1.54, 1.807) is 11.3 Å². The van der Waals surface area contributed by atoms with Gasteiger partial charge in [-0.1, -0.05) is 30.3 Å². The molecule has 0 bridgehead atoms. The molecule has 1 fully saturated rings. The number of nitrogens with zero attached hydrogens (tertiary/aromatic N) is 3. The molecule has 2 aromatic rings. The van der Waals surface area contributed by atoms with Crippen molar-refractivity contribution in [3.05, 3.63) is 47.0 Å². The molecule has 1 aromatic heterocycles. The lowest BCUT2D eigenvalue weighted by Crippen LogP contribution is -2.53. The van der Waals surface area contributed by atoms with Crippen LogP contribution in [-0.4, -0.2) is 48.0 Å². The molecule has 0 aliphatic carbocycles. The van der Waals surface area contributed by atoms with Gasteiger partial charge in [0.2, 0.25) is 5.91 Å². The van der Waals surface area contributed by atoms with Gasteiger partial charge in [-0.25, -0.2) is 4.98 Å². The van der Waals surface area contributed by atoms with Gasteiger partial charge in [-0.2, -0.15) is 0 Å². The normalized spacial score (nSPS) is 15.1. The lowest BCUT2D eigenvalue weighted by Gasteiger charge is -2.35. The molecule has 138 valence electrons. The number of amides is 1. The van der Waals surface area contributed by atoms with E-state index < -0.39 is 6.04 Å². The minimum atomic E-state index is -0.467. The Hall–Kier alpha value is -1.34. The first-order valence-electron chi connectivity index (χ1n) is 7.89. The fraction of sp³-hybridized carbons (Fsp3) is 0.412. The maximum Gasteiger partial charge on any atom is 0.239 e. The summed E-state index contributed by atoms with van der Waals surface area (Å²) in [6, 6.07) is 9.47. The van der Waals surface area contributed by atoms with Gasteiger partial charge in [0.1, 0.15) is 0 Å². The van der Waals surface area contributed by atoms with Crippen molar-refractivity contribution in [3.63, 3.8) is 0 Å². The van der Waals surface area contributed by atoms with Crippen molar-refractivity contribution in [1.29, 1.82) is 0 Å². The van der Waals surface area contributed by atoms with E-state index in [2.05, 4.69) is 15.3 Å². The smallest absolute Gasteiger partial charge is 0.239 e. The van der Waals surface area contributed by atoms with E-state index >= 15 is 0 Å². The Bertz CT molecular complexity index is 660. The second-order valence-electron chi connectivity index (χ2n) is 5.88. The van der Waals surface area contributed by atoms with Gasteiger partial charge in [-0.15, -0.1) is 36.2 Å². The molecular weight excluding hydrogens is 379 g/mol. The van der Waals surface area contributed by atoms with Gasteiger partial charge in [0.15, 0.2) is 5.13 Å². The summed E-state index contributed by atoms with van der Waals surface area (Å²) in [6.07, 6.45) is 0.589. The predicted octanol–water partition coefficient (Wildman–Crippen LogP) is 2.51.